The molecule has 0 aliphatic rings. The second kappa shape index (κ2) is 4.95. The average Bonchev–Trinajstić information content (AvgIpc) is 2.14. The molecule has 1 nitrogen and oxygen atoms in total. The van der Waals surface area contributed by atoms with Crippen LogP contribution in [0.25, 0.3) is 0 Å². The third kappa shape index (κ3) is 4.63. The second-order valence-electron chi connectivity index (χ2n) is 4.97. The highest BCUT2D eigenvalue weighted by Crippen LogP contribution is 2.11. The Bertz CT molecular complexity index is 349. The molecular weight excluding hydrogens is 222 g/mol. The van der Waals surface area contributed by atoms with E-state index in [1.807, 2.05) is 24.3 Å². The van der Waals surface area contributed by atoms with Gasteiger partial charge in [-0.05, 0) is 24.6 Å². The van der Waals surface area contributed by atoms with Crippen LogP contribution in [0.4, 0.5) is 0 Å². The van der Waals surface area contributed by atoms with Crippen LogP contribution in [0.1, 0.15) is 12.5 Å². The predicted octanol–water partition coefficient (Wildman–Crippen LogP) is 4.03. The third-order valence-corrected chi connectivity index (χ3v) is 3.41. The lowest BCUT2D eigenvalue weighted by molar-refractivity contribution is 1.27. The maximum absolute atomic E-state index is 5.83. The standard InChI is InChI=1S/C12H18ClNSi/c1-10(14-9-15(2,3)4)11-5-7-12(13)8-6-11/h5-8H,9H2,1-4H3/b14-10+. The van der Waals surface area contributed by atoms with E-state index in [4.69, 9.17) is 11.6 Å². The van der Waals surface area contributed by atoms with Gasteiger partial charge in [0.05, 0.1) is 8.07 Å². The van der Waals surface area contributed by atoms with Gasteiger partial charge in [0.1, 0.15) is 0 Å². The number of aliphatic imine (C=N–C) groups is 1. The first kappa shape index (κ1) is 12.5. The van der Waals surface area contributed by atoms with E-state index in [9.17, 15) is 0 Å². The van der Waals surface area contributed by atoms with Crippen LogP contribution in [0, 0.1) is 0 Å². The fourth-order valence-electron chi connectivity index (χ4n) is 1.14. The van der Waals surface area contributed by atoms with Crippen molar-refractivity contribution >= 4 is 25.4 Å². The molecule has 82 valence electrons. The molecule has 3 heteroatoms. The molecule has 0 atom stereocenters. The number of benzene rings is 1. The van der Waals surface area contributed by atoms with E-state index in [1.54, 1.807) is 0 Å². The van der Waals surface area contributed by atoms with Crippen molar-refractivity contribution in [2.45, 2.75) is 26.6 Å². The first-order valence-corrected chi connectivity index (χ1v) is 9.24. The molecule has 1 aromatic carbocycles. The number of nitrogens with zero attached hydrogens (tertiary/aromatic N) is 1. The zero-order valence-corrected chi connectivity index (χ0v) is 11.6. The van der Waals surface area contributed by atoms with Gasteiger partial charge in [0.2, 0.25) is 0 Å². The molecule has 1 rings (SSSR count). The van der Waals surface area contributed by atoms with Crippen LogP contribution in [0.15, 0.2) is 29.3 Å². The number of halogens is 1. The van der Waals surface area contributed by atoms with Crippen LogP contribution in [0.2, 0.25) is 24.7 Å². The van der Waals surface area contributed by atoms with Crippen molar-refractivity contribution < 1.29 is 0 Å². The van der Waals surface area contributed by atoms with Gasteiger partial charge in [0.15, 0.2) is 0 Å². The van der Waals surface area contributed by atoms with Gasteiger partial charge in [-0.15, -0.1) is 0 Å². The van der Waals surface area contributed by atoms with Gasteiger partial charge in [-0.1, -0.05) is 43.4 Å². The fraction of sp³-hybridized carbons (Fsp3) is 0.417. The zero-order chi connectivity index (χ0) is 11.5. The summed E-state index contributed by atoms with van der Waals surface area (Å²) in [5.41, 5.74) is 2.27. The van der Waals surface area contributed by atoms with E-state index in [-0.39, 0.29) is 0 Å². The third-order valence-electron chi connectivity index (χ3n) is 2.05. The summed E-state index contributed by atoms with van der Waals surface area (Å²) in [6.07, 6.45) is 0.988. The highest BCUT2D eigenvalue weighted by molar-refractivity contribution is 6.76. The molecular formula is C12H18ClNSi. The molecule has 1 aromatic rings. The molecule has 0 amide bonds. The Morgan fingerprint density at radius 1 is 1.20 bits per heavy atom. The Morgan fingerprint density at radius 3 is 2.20 bits per heavy atom. The predicted molar refractivity (Wildman–Crippen MR) is 71.9 cm³/mol. The first-order valence-electron chi connectivity index (χ1n) is 5.15. The van der Waals surface area contributed by atoms with Crippen molar-refractivity contribution in [2.24, 2.45) is 4.99 Å². The highest BCUT2D eigenvalue weighted by Gasteiger charge is 2.11. The molecule has 15 heavy (non-hydrogen) atoms. The monoisotopic (exact) mass is 239 g/mol. The molecule has 0 spiro atoms. The molecule has 0 N–H and O–H groups in total. The molecule has 0 heterocycles. The molecule has 0 aliphatic heterocycles. The van der Waals surface area contributed by atoms with Gasteiger partial charge >= 0.3 is 0 Å². The summed E-state index contributed by atoms with van der Waals surface area (Å²) in [5.74, 6) is 0. The van der Waals surface area contributed by atoms with Crippen LogP contribution in [0.3, 0.4) is 0 Å². The number of rotatable bonds is 3. The second-order valence-corrected chi connectivity index (χ2v) is 10.8. The Balaban J connectivity index is 2.76. The molecule has 0 radical (unpaired) electrons. The van der Waals surface area contributed by atoms with E-state index >= 15 is 0 Å². The van der Waals surface area contributed by atoms with Crippen molar-refractivity contribution in [3.63, 3.8) is 0 Å². The summed E-state index contributed by atoms with van der Waals surface area (Å²) in [5, 5.41) is 0.775. The summed E-state index contributed by atoms with van der Waals surface area (Å²) in [4.78, 5) is 4.63. The number of hydrogen-bond donors (Lipinski definition) is 0. The van der Waals surface area contributed by atoms with Crippen LogP contribution < -0.4 is 0 Å². The minimum Gasteiger partial charge on any atom is -0.293 e. The minimum absolute atomic E-state index is 0.775. The molecule has 0 aromatic heterocycles. The van der Waals surface area contributed by atoms with E-state index < -0.39 is 8.07 Å². The largest absolute Gasteiger partial charge is 0.293 e. The number of hydrogen-bond acceptors (Lipinski definition) is 1. The SMILES string of the molecule is C/C(=N\C[Si](C)(C)C)c1ccc(Cl)cc1. The topological polar surface area (TPSA) is 12.4 Å². The molecule has 0 aliphatic carbocycles. The van der Waals surface area contributed by atoms with Gasteiger partial charge in [0.25, 0.3) is 0 Å². The maximum atomic E-state index is 5.83. The van der Waals surface area contributed by atoms with E-state index in [1.165, 1.54) is 0 Å². The van der Waals surface area contributed by atoms with Gasteiger partial charge in [-0.25, -0.2) is 0 Å². The van der Waals surface area contributed by atoms with Gasteiger partial charge < -0.3 is 0 Å². The highest BCUT2D eigenvalue weighted by atomic mass is 35.5. The van der Waals surface area contributed by atoms with Crippen LogP contribution in [-0.2, 0) is 0 Å². The zero-order valence-electron chi connectivity index (χ0n) is 9.84. The van der Waals surface area contributed by atoms with Crippen molar-refractivity contribution in [2.75, 3.05) is 6.17 Å². The summed E-state index contributed by atoms with van der Waals surface area (Å²) in [7, 11) is -1.08. The van der Waals surface area contributed by atoms with Crippen LogP contribution >= 0.6 is 11.6 Å². The Hall–Kier alpha value is -0.603. The molecule has 0 bridgehead atoms. The lowest BCUT2D eigenvalue weighted by atomic mass is 10.1. The first-order chi connectivity index (χ1) is 6.88. The lowest BCUT2D eigenvalue weighted by Gasteiger charge is -2.12. The van der Waals surface area contributed by atoms with E-state index in [0.717, 1.165) is 22.5 Å². The average molecular weight is 240 g/mol. The van der Waals surface area contributed by atoms with Crippen molar-refractivity contribution in [3.05, 3.63) is 34.9 Å². The maximum Gasteiger partial charge on any atom is 0.0692 e. The summed E-state index contributed by atoms with van der Waals surface area (Å²) in [6, 6.07) is 7.85. The Labute approximate surface area is 98.2 Å². The summed E-state index contributed by atoms with van der Waals surface area (Å²) >= 11 is 5.83. The van der Waals surface area contributed by atoms with Crippen molar-refractivity contribution in [1.82, 2.24) is 0 Å². The molecule has 0 saturated carbocycles. The van der Waals surface area contributed by atoms with Crippen LogP contribution in [-0.4, -0.2) is 20.0 Å². The lowest BCUT2D eigenvalue weighted by Crippen LogP contribution is -2.25. The smallest absolute Gasteiger partial charge is 0.0692 e. The molecule has 0 saturated heterocycles. The van der Waals surface area contributed by atoms with Crippen molar-refractivity contribution in [3.8, 4) is 0 Å². The van der Waals surface area contributed by atoms with Gasteiger partial charge in [-0.3, -0.25) is 4.99 Å². The Morgan fingerprint density at radius 2 is 1.73 bits per heavy atom. The summed E-state index contributed by atoms with van der Waals surface area (Å²) < 4.78 is 0. The molecule has 0 unspecified atom stereocenters. The van der Waals surface area contributed by atoms with Gasteiger partial charge in [-0.2, -0.15) is 0 Å². The fourth-order valence-corrected chi connectivity index (χ4v) is 1.98. The normalized spacial score (nSPS) is 13.0. The Kier molecular flexibility index (Phi) is 4.11. The van der Waals surface area contributed by atoms with Crippen molar-refractivity contribution in [1.29, 1.82) is 0 Å². The van der Waals surface area contributed by atoms with E-state index in [2.05, 4.69) is 31.6 Å². The molecule has 0 fully saturated rings. The minimum atomic E-state index is -1.08. The van der Waals surface area contributed by atoms with Crippen LogP contribution in [0.5, 0.6) is 0 Å². The van der Waals surface area contributed by atoms with E-state index in [0.29, 0.717) is 0 Å². The van der Waals surface area contributed by atoms with Gasteiger partial charge in [0, 0.05) is 16.9 Å². The summed E-state index contributed by atoms with van der Waals surface area (Å²) in [6.45, 7) is 9.03. The quantitative estimate of drug-likeness (QED) is 0.558.